The fourth-order valence-electron chi connectivity index (χ4n) is 3.43. The topological polar surface area (TPSA) is 33.4 Å². The Kier molecular flexibility index (Phi) is 3.74. The number of fused-ring (bicyclic) bond motifs is 1. The Labute approximate surface area is 136 Å². The molecule has 0 radical (unpaired) electrons. The van der Waals surface area contributed by atoms with Gasteiger partial charge in [0.1, 0.15) is 5.52 Å². The van der Waals surface area contributed by atoms with Crippen LogP contribution in [0.3, 0.4) is 0 Å². The van der Waals surface area contributed by atoms with Gasteiger partial charge in [0.05, 0.1) is 5.69 Å². The molecule has 2 aromatic heterocycles. The molecule has 0 N–H and O–H groups in total. The van der Waals surface area contributed by atoms with E-state index in [1.54, 1.807) is 0 Å². The molecule has 3 heterocycles. The second-order valence-electron chi connectivity index (χ2n) is 6.33. The summed E-state index contributed by atoms with van der Waals surface area (Å²) in [5.74, 6) is 1.07. The van der Waals surface area contributed by atoms with Crippen molar-refractivity contribution in [1.82, 2.24) is 14.6 Å². The molecular formula is C19H22N4. The van der Waals surface area contributed by atoms with Crippen LogP contribution in [0.2, 0.25) is 0 Å². The van der Waals surface area contributed by atoms with Crippen molar-refractivity contribution in [2.24, 2.45) is 0 Å². The third-order valence-corrected chi connectivity index (χ3v) is 4.70. The van der Waals surface area contributed by atoms with Crippen LogP contribution in [0.4, 0.5) is 5.82 Å². The maximum Gasteiger partial charge on any atom is 0.154 e. The smallest absolute Gasteiger partial charge is 0.154 e. The van der Waals surface area contributed by atoms with E-state index in [1.807, 2.05) is 16.9 Å². The third-order valence-electron chi connectivity index (χ3n) is 4.70. The maximum atomic E-state index is 4.77. The lowest BCUT2D eigenvalue weighted by molar-refractivity contribution is 0.726. The van der Waals surface area contributed by atoms with E-state index in [4.69, 9.17) is 5.10 Å². The zero-order valence-corrected chi connectivity index (χ0v) is 13.6. The Morgan fingerprint density at radius 3 is 2.57 bits per heavy atom. The normalized spacial score (nSPS) is 15.8. The van der Waals surface area contributed by atoms with Gasteiger partial charge in [-0.1, -0.05) is 37.1 Å². The lowest BCUT2D eigenvalue weighted by Crippen LogP contribution is -2.25. The van der Waals surface area contributed by atoms with Crippen molar-refractivity contribution in [3.63, 3.8) is 0 Å². The highest BCUT2D eigenvalue weighted by molar-refractivity contribution is 5.76. The summed E-state index contributed by atoms with van der Waals surface area (Å²) in [6, 6.07) is 10.6. The molecule has 0 saturated carbocycles. The molecule has 118 valence electrons. The van der Waals surface area contributed by atoms with Gasteiger partial charge >= 0.3 is 0 Å². The van der Waals surface area contributed by atoms with Gasteiger partial charge in [0.2, 0.25) is 0 Å². The largest absolute Gasteiger partial charge is 0.355 e. The van der Waals surface area contributed by atoms with Crippen LogP contribution in [-0.2, 0) is 0 Å². The number of aryl methyl sites for hydroxylation is 1. The number of aromatic nitrogens is 3. The molecule has 0 aliphatic carbocycles. The maximum absolute atomic E-state index is 4.77. The second kappa shape index (κ2) is 6.03. The van der Waals surface area contributed by atoms with Crippen LogP contribution in [0.15, 0.2) is 42.7 Å². The van der Waals surface area contributed by atoms with Crippen molar-refractivity contribution in [1.29, 1.82) is 0 Å². The number of rotatable bonds is 2. The van der Waals surface area contributed by atoms with Crippen LogP contribution in [0.5, 0.6) is 0 Å². The number of anilines is 1. The Hall–Kier alpha value is -2.36. The predicted octanol–water partition coefficient (Wildman–Crippen LogP) is 4.09. The third kappa shape index (κ3) is 2.69. The lowest BCUT2D eigenvalue weighted by Gasteiger charge is -2.21. The standard InChI is InChI=1S/C19H22N4/c1-15-8-4-5-9-16(15)17-14-18-19(20-10-13-23(18)21-17)22-11-6-2-3-7-12-22/h4-5,8-10,13-14H,2-3,6-7,11-12H2,1H3. The van der Waals surface area contributed by atoms with E-state index >= 15 is 0 Å². The molecule has 1 aromatic carbocycles. The summed E-state index contributed by atoms with van der Waals surface area (Å²) >= 11 is 0. The average molecular weight is 306 g/mol. The summed E-state index contributed by atoms with van der Waals surface area (Å²) in [6.45, 7) is 4.32. The van der Waals surface area contributed by atoms with Crippen molar-refractivity contribution in [2.75, 3.05) is 18.0 Å². The zero-order valence-electron chi connectivity index (χ0n) is 13.6. The zero-order chi connectivity index (χ0) is 15.6. The molecule has 1 saturated heterocycles. The van der Waals surface area contributed by atoms with Crippen LogP contribution >= 0.6 is 0 Å². The first-order chi connectivity index (χ1) is 11.3. The van der Waals surface area contributed by atoms with Gasteiger partial charge in [-0.2, -0.15) is 5.10 Å². The van der Waals surface area contributed by atoms with Gasteiger partial charge in [-0.25, -0.2) is 9.50 Å². The van der Waals surface area contributed by atoms with Crippen LogP contribution in [-0.4, -0.2) is 27.7 Å². The minimum atomic E-state index is 1.02. The van der Waals surface area contributed by atoms with Gasteiger partial charge in [-0.05, 0) is 31.4 Å². The monoisotopic (exact) mass is 306 g/mol. The summed E-state index contributed by atoms with van der Waals surface area (Å²) in [5, 5.41) is 4.77. The van der Waals surface area contributed by atoms with Gasteiger partial charge in [0.25, 0.3) is 0 Å². The van der Waals surface area contributed by atoms with Crippen molar-refractivity contribution < 1.29 is 0 Å². The van der Waals surface area contributed by atoms with Crippen molar-refractivity contribution >= 4 is 11.3 Å². The summed E-state index contributed by atoms with van der Waals surface area (Å²) in [4.78, 5) is 7.09. The van der Waals surface area contributed by atoms with Crippen molar-refractivity contribution in [3.8, 4) is 11.3 Å². The molecule has 0 bridgehead atoms. The van der Waals surface area contributed by atoms with Crippen LogP contribution in [0.1, 0.15) is 31.2 Å². The van der Waals surface area contributed by atoms with Crippen LogP contribution < -0.4 is 4.90 Å². The fourth-order valence-corrected chi connectivity index (χ4v) is 3.43. The molecule has 1 aliphatic rings. The minimum Gasteiger partial charge on any atom is -0.355 e. The van der Waals surface area contributed by atoms with Gasteiger partial charge < -0.3 is 4.90 Å². The Bertz CT molecular complexity index is 813. The van der Waals surface area contributed by atoms with Gasteiger partial charge in [0, 0.05) is 31.0 Å². The molecule has 0 spiro atoms. The first kappa shape index (κ1) is 14.2. The molecule has 0 unspecified atom stereocenters. The molecule has 23 heavy (non-hydrogen) atoms. The molecular weight excluding hydrogens is 284 g/mol. The number of benzene rings is 1. The summed E-state index contributed by atoms with van der Waals surface area (Å²) in [6.07, 6.45) is 8.96. The highest BCUT2D eigenvalue weighted by Gasteiger charge is 2.16. The Morgan fingerprint density at radius 1 is 1.00 bits per heavy atom. The van der Waals surface area contributed by atoms with E-state index in [0.717, 1.165) is 30.1 Å². The van der Waals surface area contributed by atoms with Crippen molar-refractivity contribution in [2.45, 2.75) is 32.6 Å². The number of hydrogen-bond acceptors (Lipinski definition) is 3. The van der Waals surface area contributed by atoms with E-state index in [1.165, 1.54) is 36.8 Å². The van der Waals surface area contributed by atoms with E-state index < -0.39 is 0 Å². The number of nitrogens with zero attached hydrogens (tertiary/aromatic N) is 4. The number of hydrogen-bond donors (Lipinski definition) is 0. The lowest BCUT2D eigenvalue weighted by atomic mass is 10.1. The van der Waals surface area contributed by atoms with Gasteiger partial charge in [-0.3, -0.25) is 0 Å². The molecule has 4 nitrogen and oxygen atoms in total. The predicted molar refractivity (Wildman–Crippen MR) is 93.8 cm³/mol. The minimum absolute atomic E-state index is 1.02. The van der Waals surface area contributed by atoms with Crippen molar-refractivity contribution in [3.05, 3.63) is 48.3 Å². The fraction of sp³-hybridized carbons (Fsp3) is 0.368. The molecule has 3 aromatic rings. The Balaban J connectivity index is 1.80. The first-order valence-corrected chi connectivity index (χ1v) is 8.48. The second-order valence-corrected chi connectivity index (χ2v) is 6.33. The summed E-state index contributed by atoms with van der Waals surface area (Å²) in [7, 11) is 0. The molecule has 4 heteroatoms. The Morgan fingerprint density at radius 2 is 1.78 bits per heavy atom. The van der Waals surface area contributed by atoms with Gasteiger partial charge in [-0.15, -0.1) is 0 Å². The highest BCUT2D eigenvalue weighted by atomic mass is 15.3. The highest BCUT2D eigenvalue weighted by Crippen LogP contribution is 2.28. The summed E-state index contributed by atoms with van der Waals surface area (Å²) < 4.78 is 1.97. The average Bonchev–Trinajstić information content (AvgIpc) is 2.82. The van der Waals surface area contributed by atoms with E-state index in [0.29, 0.717) is 0 Å². The first-order valence-electron chi connectivity index (χ1n) is 8.48. The van der Waals surface area contributed by atoms with E-state index in [9.17, 15) is 0 Å². The molecule has 1 aliphatic heterocycles. The van der Waals surface area contributed by atoms with E-state index in [2.05, 4.69) is 47.1 Å². The molecule has 4 rings (SSSR count). The van der Waals surface area contributed by atoms with Crippen LogP contribution in [0, 0.1) is 6.92 Å². The molecule has 0 atom stereocenters. The summed E-state index contributed by atoms with van der Waals surface area (Å²) in [5.41, 5.74) is 4.57. The van der Waals surface area contributed by atoms with Gasteiger partial charge in [0.15, 0.2) is 5.82 Å². The molecule has 1 fully saturated rings. The molecule has 0 amide bonds. The quantitative estimate of drug-likeness (QED) is 0.715. The van der Waals surface area contributed by atoms with Crippen LogP contribution in [0.25, 0.3) is 16.8 Å². The SMILES string of the molecule is Cc1ccccc1-c1cc2c(N3CCCCCC3)nccn2n1. The van der Waals surface area contributed by atoms with E-state index in [-0.39, 0.29) is 0 Å².